The maximum atomic E-state index is 13.4. The fourth-order valence-corrected chi connectivity index (χ4v) is 3.71. The van der Waals surface area contributed by atoms with E-state index in [2.05, 4.69) is 16.8 Å². The Labute approximate surface area is 195 Å². The predicted molar refractivity (Wildman–Crippen MR) is 124 cm³/mol. The molecule has 2 amide bonds. The molecule has 0 radical (unpaired) electrons. The van der Waals surface area contributed by atoms with Crippen LogP contribution < -0.4 is 4.74 Å². The van der Waals surface area contributed by atoms with Crippen LogP contribution in [0.1, 0.15) is 62.9 Å². The topological polar surface area (TPSA) is 103 Å². The van der Waals surface area contributed by atoms with Crippen LogP contribution in [0.3, 0.4) is 0 Å². The lowest BCUT2D eigenvalue weighted by molar-refractivity contribution is -0.131. The number of carbonyl (C=O) groups is 2. The van der Waals surface area contributed by atoms with Gasteiger partial charge in [-0.15, -0.1) is 0 Å². The summed E-state index contributed by atoms with van der Waals surface area (Å²) >= 11 is 0. The lowest BCUT2D eigenvalue weighted by Gasteiger charge is -2.37. The highest BCUT2D eigenvalue weighted by Gasteiger charge is 2.35. The first kappa shape index (κ1) is 25.0. The summed E-state index contributed by atoms with van der Waals surface area (Å²) < 4.78 is 6.21. The number of fused-ring (bicyclic) bond motifs is 1. The van der Waals surface area contributed by atoms with Gasteiger partial charge < -0.3 is 24.7 Å². The number of carbonyl (C=O) groups excluding carboxylic acids is 2. The summed E-state index contributed by atoms with van der Waals surface area (Å²) in [5.41, 5.74) is -0.451. The quantitative estimate of drug-likeness (QED) is 0.630. The van der Waals surface area contributed by atoms with E-state index in [9.17, 15) is 19.8 Å². The molecule has 33 heavy (non-hydrogen) atoms. The summed E-state index contributed by atoms with van der Waals surface area (Å²) in [4.78, 5) is 33.6. The SMILES string of the molecule is C[C@@H]1CN([C@@H](C)CO)C(=O)c2cc(C#CC(C)(C)O)cnc2O[C@@H]1CN(C)C(=O)CC1CC1. The summed E-state index contributed by atoms with van der Waals surface area (Å²) in [5.74, 6) is 5.96. The molecule has 180 valence electrons. The van der Waals surface area contributed by atoms with E-state index in [1.165, 1.54) is 6.20 Å². The molecule has 8 nitrogen and oxygen atoms in total. The number of likely N-dealkylation sites (N-methyl/N-ethyl adjacent to an activating group) is 1. The first-order valence-electron chi connectivity index (χ1n) is 11.6. The number of aliphatic hydroxyl groups excluding tert-OH is 1. The van der Waals surface area contributed by atoms with Crippen molar-refractivity contribution in [3.8, 4) is 17.7 Å². The van der Waals surface area contributed by atoms with E-state index in [0.29, 0.717) is 31.0 Å². The molecule has 2 heterocycles. The molecular formula is C25H35N3O5. The van der Waals surface area contributed by atoms with Crippen LogP contribution in [0.4, 0.5) is 0 Å². The Bertz CT molecular complexity index is 942. The van der Waals surface area contributed by atoms with Gasteiger partial charge in [0.2, 0.25) is 11.8 Å². The Kier molecular flexibility index (Phi) is 7.65. The number of aliphatic hydroxyl groups is 2. The van der Waals surface area contributed by atoms with Gasteiger partial charge >= 0.3 is 0 Å². The molecule has 1 aromatic heterocycles. The highest BCUT2D eigenvalue weighted by Crippen LogP contribution is 2.33. The van der Waals surface area contributed by atoms with E-state index in [-0.39, 0.29) is 41.9 Å². The molecule has 3 atom stereocenters. The summed E-state index contributed by atoms with van der Waals surface area (Å²) in [6.45, 7) is 7.49. The van der Waals surface area contributed by atoms with Gasteiger partial charge in [-0.25, -0.2) is 4.98 Å². The average Bonchev–Trinajstić information content (AvgIpc) is 3.57. The van der Waals surface area contributed by atoms with Crippen LogP contribution in [0.25, 0.3) is 0 Å². The van der Waals surface area contributed by atoms with Crippen LogP contribution in [0.2, 0.25) is 0 Å². The van der Waals surface area contributed by atoms with Gasteiger partial charge in [0.1, 0.15) is 17.3 Å². The molecule has 0 bridgehead atoms. The third-order valence-corrected chi connectivity index (χ3v) is 6.07. The molecule has 1 fully saturated rings. The largest absolute Gasteiger partial charge is 0.472 e. The van der Waals surface area contributed by atoms with E-state index in [1.807, 2.05) is 6.92 Å². The molecule has 1 saturated carbocycles. The molecule has 8 heteroatoms. The zero-order chi connectivity index (χ0) is 24.3. The van der Waals surface area contributed by atoms with Gasteiger partial charge in [-0.05, 0) is 45.6 Å². The molecule has 0 saturated heterocycles. The zero-order valence-corrected chi connectivity index (χ0v) is 20.2. The number of nitrogens with zero attached hydrogens (tertiary/aromatic N) is 3. The highest BCUT2D eigenvalue weighted by atomic mass is 16.5. The van der Waals surface area contributed by atoms with Crippen molar-refractivity contribution in [3.63, 3.8) is 0 Å². The second kappa shape index (κ2) is 10.1. The van der Waals surface area contributed by atoms with Crippen molar-refractivity contribution in [2.75, 3.05) is 26.7 Å². The Morgan fingerprint density at radius 2 is 2.12 bits per heavy atom. The average molecular weight is 458 g/mol. The summed E-state index contributed by atoms with van der Waals surface area (Å²) in [6, 6.07) is 1.21. The number of hydrogen-bond donors (Lipinski definition) is 2. The van der Waals surface area contributed by atoms with Crippen LogP contribution in [0, 0.1) is 23.7 Å². The van der Waals surface area contributed by atoms with Crippen LogP contribution in [0.15, 0.2) is 12.3 Å². The lowest BCUT2D eigenvalue weighted by Crippen LogP contribution is -2.50. The van der Waals surface area contributed by atoms with Gasteiger partial charge in [-0.3, -0.25) is 9.59 Å². The van der Waals surface area contributed by atoms with Crippen molar-refractivity contribution in [2.24, 2.45) is 11.8 Å². The first-order chi connectivity index (χ1) is 15.5. The van der Waals surface area contributed by atoms with Crippen molar-refractivity contribution in [2.45, 2.75) is 64.7 Å². The minimum Gasteiger partial charge on any atom is -0.472 e. The number of pyridine rings is 1. The van der Waals surface area contributed by atoms with Crippen LogP contribution >= 0.6 is 0 Å². The van der Waals surface area contributed by atoms with Crippen molar-refractivity contribution in [1.29, 1.82) is 0 Å². The molecule has 0 spiro atoms. The van der Waals surface area contributed by atoms with E-state index in [1.54, 1.807) is 43.7 Å². The molecule has 1 aliphatic heterocycles. The lowest BCUT2D eigenvalue weighted by atomic mass is 9.99. The maximum absolute atomic E-state index is 13.4. The molecule has 3 rings (SSSR count). The molecule has 0 unspecified atom stereocenters. The third kappa shape index (κ3) is 6.68. The van der Waals surface area contributed by atoms with E-state index in [4.69, 9.17) is 4.74 Å². The molecule has 2 aliphatic rings. The normalized spacial score (nSPS) is 21.7. The van der Waals surface area contributed by atoms with Crippen LogP contribution in [-0.2, 0) is 4.79 Å². The first-order valence-corrected chi connectivity index (χ1v) is 11.6. The van der Waals surface area contributed by atoms with E-state index >= 15 is 0 Å². The van der Waals surface area contributed by atoms with Gasteiger partial charge in [0, 0.05) is 37.7 Å². The van der Waals surface area contributed by atoms with Gasteiger partial charge in [-0.2, -0.15) is 0 Å². The molecule has 0 aromatic carbocycles. The van der Waals surface area contributed by atoms with Gasteiger partial charge in [-0.1, -0.05) is 18.8 Å². The molecule has 2 N–H and O–H groups in total. The maximum Gasteiger partial charge on any atom is 0.259 e. The standard InChI is InChI=1S/C25H35N3O5/c1-16-13-28(17(2)15-29)24(31)20-10-19(8-9-25(3,4)32)12-26-23(20)33-21(16)14-27(5)22(30)11-18-6-7-18/h10,12,16-18,21,29,32H,6-7,11,13-15H2,1-5H3/t16-,17+,21-/m1/s1. The molecule has 1 aliphatic carbocycles. The van der Waals surface area contributed by atoms with E-state index < -0.39 is 11.6 Å². The Balaban J connectivity index is 1.92. The molecular weight excluding hydrogens is 422 g/mol. The minimum absolute atomic E-state index is 0.0938. The van der Waals surface area contributed by atoms with Gasteiger partial charge in [0.05, 0.1) is 19.2 Å². The van der Waals surface area contributed by atoms with Crippen molar-refractivity contribution >= 4 is 11.8 Å². The van der Waals surface area contributed by atoms with E-state index in [0.717, 1.165) is 12.8 Å². The fourth-order valence-electron chi connectivity index (χ4n) is 3.71. The molecule has 1 aromatic rings. The monoisotopic (exact) mass is 457 g/mol. The fraction of sp³-hybridized carbons (Fsp3) is 0.640. The number of rotatable bonds is 6. The summed E-state index contributed by atoms with van der Waals surface area (Å²) in [6.07, 6.45) is 3.92. The van der Waals surface area contributed by atoms with Crippen molar-refractivity contribution < 1.29 is 24.5 Å². The van der Waals surface area contributed by atoms with Crippen molar-refractivity contribution in [3.05, 3.63) is 23.4 Å². The Hall–Kier alpha value is -2.63. The second-order valence-electron chi connectivity index (χ2n) is 9.93. The summed E-state index contributed by atoms with van der Waals surface area (Å²) in [7, 11) is 1.78. The number of ether oxygens (including phenoxy) is 1. The predicted octanol–water partition coefficient (Wildman–Crippen LogP) is 1.68. The van der Waals surface area contributed by atoms with Gasteiger partial charge in [0.15, 0.2) is 0 Å². The van der Waals surface area contributed by atoms with Crippen LogP contribution in [-0.4, -0.2) is 81.3 Å². The highest BCUT2D eigenvalue weighted by molar-refractivity contribution is 5.97. The van der Waals surface area contributed by atoms with Crippen molar-refractivity contribution in [1.82, 2.24) is 14.8 Å². The number of hydrogen-bond acceptors (Lipinski definition) is 6. The third-order valence-electron chi connectivity index (χ3n) is 6.07. The Morgan fingerprint density at radius 3 is 2.73 bits per heavy atom. The zero-order valence-electron chi connectivity index (χ0n) is 20.2. The number of amides is 2. The minimum atomic E-state index is -1.18. The van der Waals surface area contributed by atoms with Crippen LogP contribution in [0.5, 0.6) is 5.88 Å². The second-order valence-corrected chi connectivity index (χ2v) is 9.93. The van der Waals surface area contributed by atoms with Gasteiger partial charge in [0.25, 0.3) is 5.91 Å². The number of aromatic nitrogens is 1. The summed E-state index contributed by atoms with van der Waals surface area (Å²) in [5, 5.41) is 19.7. The Morgan fingerprint density at radius 1 is 1.42 bits per heavy atom. The smallest absolute Gasteiger partial charge is 0.259 e.